The van der Waals surface area contributed by atoms with E-state index in [1.807, 2.05) is 24.3 Å². The first-order valence-corrected chi connectivity index (χ1v) is 9.20. The molecule has 2 amide bonds. The summed E-state index contributed by atoms with van der Waals surface area (Å²) in [6, 6.07) is 14.2. The largest absolute Gasteiger partial charge is 0.352 e. The second-order valence-corrected chi connectivity index (χ2v) is 6.36. The van der Waals surface area contributed by atoms with Crippen molar-refractivity contribution in [3.8, 4) is 11.3 Å². The minimum atomic E-state index is -0.286. The molecule has 0 aliphatic heterocycles. The lowest BCUT2D eigenvalue weighted by Gasteiger charge is -2.10. The van der Waals surface area contributed by atoms with E-state index < -0.39 is 0 Å². The third-order valence-corrected chi connectivity index (χ3v) is 4.25. The zero-order chi connectivity index (χ0) is 20.8. The van der Waals surface area contributed by atoms with Crippen molar-refractivity contribution in [2.45, 2.75) is 6.42 Å². The lowest BCUT2D eigenvalue weighted by Crippen LogP contribution is -2.33. The van der Waals surface area contributed by atoms with Gasteiger partial charge in [-0.1, -0.05) is 6.07 Å². The molecule has 0 spiro atoms. The van der Waals surface area contributed by atoms with Gasteiger partial charge in [-0.2, -0.15) is 15.4 Å². The number of carbonyl (C=O) groups excluding carboxylic acids is 2. The van der Waals surface area contributed by atoms with Gasteiger partial charge in [-0.05, 0) is 42.5 Å². The standard InChI is InChI=1S/C20H18N8O2/c29-19(8-10-22-20(30)13-6-7-16-17(11-13)25-28-24-16)27-26-18-5-1-4-15(23-18)14-3-2-9-21-12-14/h1-7,9,11-12H,8,10H2,(H,22,30)(H,23,26)(H,27,29)(H,24,25,28). The Balaban J connectivity index is 1.25. The molecule has 0 aliphatic rings. The van der Waals surface area contributed by atoms with Crippen LogP contribution < -0.4 is 16.2 Å². The maximum Gasteiger partial charge on any atom is 0.251 e. The van der Waals surface area contributed by atoms with Gasteiger partial charge in [-0.3, -0.25) is 25.4 Å². The summed E-state index contributed by atoms with van der Waals surface area (Å²) in [6.45, 7) is 0.187. The van der Waals surface area contributed by atoms with Crippen LogP contribution in [0.5, 0.6) is 0 Å². The number of hydrazine groups is 1. The fraction of sp³-hybridized carbons (Fsp3) is 0.100. The Kier molecular flexibility index (Phi) is 5.56. The van der Waals surface area contributed by atoms with Crippen molar-refractivity contribution in [3.05, 3.63) is 66.5 Å². The van der Waals surface area contributed by atoms with Crippen molar-refractivity contribution in [3.63, 3.8) is 0 Å². The summed E-state index contributed by atoms with van der Waals surface area (Å²) in [6.07, 6.45) is 3.51. The van der Waals surface area contributed by atoms with Crippen LogP contribution in [0.15, 0.2) is 60.9 Å². The minimum absolute atomic E-state index is 0.104. The number of aromatic amines is 1. The number of hydrogen-bond acceptors (Lipinski definition) is 7. The molecule has 0 atom stereocenters. The molecule has 0 aliphatic carbocycles. The summed E-state index contributed by atoms with van der Waals surface area (Å²) >= 11 is 0. The van der Waals surface area contributed by atoms with E-state index in [4.69, 9.17) is 0 Å². The molecular weight excluding hydrogens is 384 g/mol. The summed E-state index contributed by atoms with van der Waals surface area (Å²) < 4.78 is 0. The number of anilines is 1. The monoisotopic (exact) mass is 402 g/mol. The molecule has 4 rings (SSSR count). The van der Waals surface area contributed by atoms with Gasteiger partial charge in [-0.15, -0.1) is 0 Å². The van der Waals surface area contributed by atoms with Gasteiger partial charge in [0, 0.05) is 36.5 Å². The molecule has 0 saturated heterocycles. The Morgan fingerprint density at radius 3 is 2.77 bits per heavy atom. The Morgan fingerprint density at radius 1 is 1.00 bits per heavy atom. The summed E-state index contributed by atoms with van der Waals surface area (Å²) in [7, 11) is 0. The van der Waals surface area contributed by atoms with Crippen molar-refractivity contribution < 1.29 is 9.59 Å². The van der Waals surface area contributed by atoms with Gasteiger partial charge >= 0.3 is 0 Å². The summed E-state index contributed by atoms with van der Waals surface area (Å²) in [4.78, 5) is 32.8. The zero-order valence-corrected chi connectivity index (χ0v) is 15.8. The van der Waals surface area contributed by atoms with Crippen molar-refractivity contribution in [2.24, 2.45) is 0 Å². The maximum atomic E-state index is 12.2. The number of aromatic nitrogens is 5. The highest BCUT2D eigenvalue weighted by Gasteiger charge is 2.09. The average molecular weight is 402 g/mol. The number of amides is 2. The topological polar surface area (TPSA) is 138 Å². The van der Waals surface area contributed by atoms with Crippen molar-refractivity contribution >= 4 is 28.7 Å². The van der Waals surface area contributed by atoms with Gasteiger partial charge in [0.05, 0.1) is 5.69 Å². The normalized spacial score (nSPS) is 10.5. The smallest absolute Gasteiger partial charge is 0.251 e. The van der Waals surface area contributed by atoms with E-state index in [1.54, 1.807) is 36.7 Å². The quantitative estimate of drug-likeness (QED) is 0.345. The first kappa shape index (κ1) is 19.0. The molecule has 0 saturated carbocycles. The molecule has 4 N–H and O–H groups in total. The van der Waals surface area contributed by atoms with Crippen molar-refractivity contribution in [2.75, 3.05) is 12.0 Å². The van der Waals surface area contributed by atoms with Crippen LogP contribution in [0.1, 0.15) is 16.8 Å². The van der Waals surface area contributed by atoms with Crippen molar-refractivity contribution in [1.29, 1.82) is 0 Å². The fourth-order valence-electron chi connectivity index (χ4n) is 2.75. The fourth-order valence-corrected chi connectivity index (χ4v) is 2.75. The number of nitrogens with one attached hydrogen (secondary N) is 4. The van der Waals surface area contributed by atoms with E-state index >= 15 is 0 Å². The lowest BCUT2D eigenvalue weighted by atomic mass is 10.2. The SMILES string of the molecule is O=C(CCNC(=O)c1ccc2n[nH]nc2c1)NNc1cccc(-c2cccnc2)n1. The summed E-state index contributed by atoms with van der Waals surface area (Å²) in [5.74, 6) is -0.0722. The predicted octanol–water partition coefficient (Wildman–Crippen LogP) is 1.68. The molecule has 0 bridgehead atoms. The zero-order valence-electron chi connectivity index (χ0n) is 15.8. The van der Waals surface area contributed by atoms with Gasteiger partial charge in [0.25, 0.3) is 5.91 Å². The number of benzene rings is 1. The number of carbonyl (C=O) groups is 2. The van der Waals surface area contributed by atoms with Crippen LogP contribution in [-0.2, 0) is 4.79 Å². The average Bonchev–Trinajstić information content (AvgIpc) is 3.26. The summed E-state index contributed by atoms with van der Waals surface area (Å²) in [5.41, 5.74) is 8.69. The second kappa shape index (κ2) is 8.78. The van der Waals surface area contributed by atoms with Gasteiger partial charge in [0.1, 0.15) is 16.9 Å². The summed E-state index contributed by atoms with van der Waals surface area (Å²) in [5, 5.41) is 13.1. The maximum absolute atomic E-state index is 12.2. The first-order valence-electron chi connectivity index (χ1n) is 9.20. The third kappa shape index (κ3) is 4.55. The van der Waals surface area contributed by atoms with Crippen LogP contribution in [0, 0.1) is 0 Å². The van der Waals surface area contributed by atoms with Crippen LogP contribution in [-0.4, -0.2) is 43.7 Å². The highest BCUT2D eigenvalue weighted by molar-refractivity contribution is 5.97. The third-order valence-electron chi connectivity index (χ3n) is 4.25. The highest BCUT2D eigenvalue weighted by atomic mass is 16.2. The lowest BCUT2D eigenvalue weighted by molar-refractivity contribution is -0.120. The predicted molar refractivity (Wildman–Crippen MR) is 110 cm³/mol. The Morgan fingerprint density at radius 2 is 1.90 bits per heavy atom. The minimum Gasteiger partial charge on any atom is -0.352 e. The molecule has 3 aromatic heterocycles. The number of hydrogen-bond donors (Lipinski definition) is 4. The Bertz CT molecular complexity index is 1180. The van der Waals surface area contributed by atoms with E-state index in [2.05, 4.69) is 41.5 Å². The highest BCUT2D eigenvalue weighted by Crippen LogP contribution is 2.16. The molecule has 10 nitrogen and oxygen atoms in total. The number of fused-ring (bicyclic) bond motifs is 1. The molecule has 3 heterocycles. The van der Waals surface area contributed by atoms with Crippen LogP contribution in [0.4, 0.5) is 5.82 Å². The van der Waals surface area contributed by atoms with E-state index in [0.717, 1.165) is 11.3 Å². The van der Waals surface area contributed by atoms with Crippen LogP contribution in [0.2, 0.25) is 0 Å². The van der Waals surface area contributed by atoms with E-state index in [0.29, 0.717) is 22.4 Å². The molecule has 1 aromatic carbocycles. The number of nitrogens with zero attached hydrogens (tertiary/aromatic N) is 4. The Labute approximate surface area is 171 Å². The van der Waals surface area contributed by atoms with E-state index in [9.17, 15) is 9.59 Å². The van der Waals surface area contributed by atoms with Crippen LogP contribution in [0.25, 0.3) is 22.3 Å². The van der Waals surface area contributed by atoms with E-state index in [-0.39, 0.29) is 24.8 Å². The van der Waals surface area contributed by atoms with Crippen LogP contribution >= 0.6 is 0 Å². The van der Waals surface area contributed by atoms with Crippen molar-refractivity contribution in [1.82, 2.24) is 36.1 Å². The molecule has 0 fully saturated rings. The van der Waals surface area contributed by atoms with E-state index in [1.165, 1.54) is 0 Å². The second-order valence-electron chi connectivity index (χ2n) is 6.36. The molecule has 0 unspecified atom stereocenters. The number of pyridine rings is 2. The molecule has 0 radical (unpaired) electrons. The van der Waals surface area contributed by atoms with Crippen LogP contribution in [0.3, 0.4) is 0 Å². The van der Waals surface area contributed by atoms with Gasteiger partial charge in [0.15, 0.2) is 0 Å². The van der Waals surface area contributed by atoms with Gasteiger partial charge < -0.3 is 5.32 Å². The first-order chi connectivity index (χ1) is 14.7. The van der Waals surface area contributed by atoms with Gasteiger partial charge in [0.2, 0.25) is 5.91 Å². The number of rotatable bonds is 7. The van der Waals surface area contributed by atoms with Gasteiger partial charge in [-0.25, -0.2) is 4.98 Å². The molecule has 10 heteroatoms. The molecule has 150 valence electrons. The molecular formula is C20H18N8O2. The molecule has 4 aromatic rings. The Hall–Kier alpha value is -4.34. The number of H-pyrrole nitrogens is 1. The molecule has 30 heavy (non-hydrogen) atoms.